The number of aliphatic hydroxyl groups is 1. The summed E-state index contributed by atoms with van der Waals surface area (Å²) >= 11 is 0. The number of fused-ring (bicyclic) bond motifs is 2. The van der Waals surface area contributed by atoms with Crippen molar-refractivity contribution in [2.75, 3.05) is 30.4 Å². The number of nitrogens with one attached hydrogen (secondary N) is 2. The number of nitrogens with zero attached hydrogens (tertiary/aromatic N) is 3. The van der Waals surface area contributed by atoms with E-state index in [1.54, 1.807) is 6.20 Å². The molecule has 2 aliphatic heterocycles. The Kier molecular flexibility index (Phi) is 6.49. The summed E-state index contributed by atoms with van der Waals surface area (Å²) < 4.78 is 24.3. The number of rotatable bonds is 8. The fourth-order valence-electron chi connectivity index (χ4n) is 5.70. The first-order valence-corrected chi connectivity index (χ1v) is 13.4. The number of furan rings is 1. The normalized spacial score (nSPS) is 25.9. The van der Waals surface area contributed by atoms with E-state index in [1.165, 1.54) is 0 Å². The lowest BCUT2D eigenvalue weighted by Gasteiger charge is -2.25. The quantitative estimate of drug-likeness (QED) is 0.398. The van der Waals surface area contributed by atoms with Crippen LogP contribution in [0.2, 0.25) is 0 Å². The third-order valence-electron chi connectivity index (χ3n) is 7.50. The van der Waals surface area contributed by atoms with Gasteiger partial charge in [-0.2, -0.15) is 4.98 Å². The molecule has 2 fully saturated rings. The van der Waals surface area contributed by atoms with Gasteiger partial charge in [-0.3, -0.25) is 4.98 Å². The highest BCUT2D eigenvalue weighted by Gasteiger charge is 2.54. The molecule has 0 amide bonds. The Morgan fingerprint density at radius 2 is 2.00 bits per heavy atom. The number of anilines is 2. The van der Waals surface area contributed by atoms with Crippen molar-refractivity contribution in [3.05, 3.63) is 41.6 Å². The number of hydrogen-bond acceptors (Lipinski definition) is 10. The SMILES string of the molecule is CCc1cc2cc(-c3c(C)nc(NCC4=CCCO4)nc3NC3C[C@H](CO)[C@H]4OC(C)(C)O[C@@H]34)oc2cn1. The average molecular weight is 522 g/mol. The lowest BCUT2D eigenvalue weighted by molar-refractivity contribution is -0.158. The highest BCUT2D eigenvalue weighted by Crippen LogP contribution is 2.44. The van der Waals surface area contributed by atoms with E-state index in [0.29, 0.717) is 42.7 Å². The van der Waals surface area contributed by atoms with Crippen molar-refractivity contribution in [1.29, 1.82) is 0 Å². The first-order chi connectivity index (χ1) is 18.3. The van der Waals surface area contributed by atoms with E-state index in [2.05, 4.69) is 34.7 Å². The van der Waals surface area contributed by atoms with Crippen LogP contribution in [0.4, 0.5) is 11.8 Å². The average Bonchev–Trinajstić information content (AvgIpc) is 3.66. The van der Waals surface area contributed by atoms with Gasteiger partial charge in [-0.25, -0.2) is 4.98 Å². The molecule has 3 N–H and O–H groups in total. The van der Waals surface area contributed by atoms with Gasteiger partial charge in [0.05, 0.1) is 42.8 Å². The Morgan fingerprint density at radius 3 is 2.76 bits per heavy atom. The molecule has 1 aliphatic carbocycles. The van der Waals surface area contributed by atoms with Crippen molar-refractivity contribution in [3.8, 4) is 11.3 Å². The maximum absolute atomic E-state index is 10.0. The molecule has 4 atom stereocenters. The lowest BCUT2D eigenvalue weighted by atomic mass is 10.1. The molecule has 1 unspecified atom stereocenters. The van der Waals surface area contributed by atoms with E-state index in [9.17, 15) is 5.11 Å². The van der Waals surface area contributed by atoms with Crippen LogP contribution >= 0.6 is 0 Å². The van der Waals surface area contributed by atoms with Gasteiger partial charge in [-0.15, -0.1) is 0 Å². The molecule has 0 aromatic carbocycles. The zero-order valence-electron chi connectivity index (χ0n) is 22.3. The zero-order chi connectivity index (χ0) is 26.4. The molecule has 202 valence electrons. The van der Waals surface area contributed by atoms with Gasteiger partial charge >= 0.3 is 0 Å². The molecule has 3 aliphatic rings. The summed E-state index contributed by atoms with van der Waals surface area (Å²) in [4.78, 5) is 14.1. The van der Waals surface area contributed by atoms with Crippen LogP contribution < -0.4 is 10.6 Å². The molecule has 38 heavy (non-hydrogen) atoms. The zero-order valence-corrected chi connectivity index (χ0v) is 22.3. The Balaban J connectivity index is 1.37. The molecule has 0 bridgehead atoms. The number of aliphatic hydroxyl groups excluding tert-OH is 1. The van der Waals surface area contributed by atoms with Crippen LogP contribution in [-0.2, 0) is 20.6 Å². The van der Waals surface area contributed by atoms with Crippen LogP contribution in [0.25, 0.3) is 22.3 Å². The van der Waals surface area contributed by atoms with Gasteiger partial charge < -0.3 is 34.4 Å². The van der Waals surface area contributed by atoms with Crippen molar-refractivity contribution >= 4 is 22.7 Å². The van der Waals surface area contributed by atoms with Crippen molar-refractivity contribution in [2.24, 2.45) is 5.92 Å². The first kappa shape index (κ1) is 25.1. The van der Waals surface area contributed by atoms with Crippen LogP contribution in [0.3, 0.4) is 0 Å². The van der Waals surface area contributed by atoms with E-state index >= 15 is 0 Å². The van der Waals surface area contributed by atoms with E-state index in [0.717, 1.165) is 40.9 Å². The largest absolute Gasteiger partial charge is 0.496 e. The Hall–Kier alpha value is -3.21. The minimum atomic E-state index is -0.710. The molecule has 6 rings (SSSR count). The summed E-state index contributed by atoms with van der Waals surface area (Å²) in [6.07, 6.45) is 5.90. The highest BCUT2D eigenvalue weighted by molar-refractivity contribution is 5.86. The number of aromatic nitrogens is 3. The minimum Gasteiger partial charge on any atom is -0.496 e. The molecule has 3 aromatic heterocycles. The van der Waals surface area contributed by atoms with Gasteiger partial charge in [-0.1, -0.05) is 6.92 Å². The predicted octanol–water partition coefficient (Wildman–Crippen LogP) is 4.18. The summed E-state index contributed by atoms with van der Waals surface area (Å²) in [7, 11) is 0. The van der Waals surface area contributed by atoms with Gasteiger partial charge in [0, 0.05) is 30.0 Å². The van der Waals surface area contributed by atoms with Crippen LogP contribution in [0.15, 0.2) is 34.6 Å². The van der Waals surface area contributed by atoms with Crippen LogP contribution in [0.1, 0.15) is 45.0 Å². The van der Waals surface area contributed by atoms with Crippen molar-refractivity contribution in [3.63, 3.8) is 0 Å². The smallest absolute Gasteiger partial charge is 0.225 e. The topological polar surface area (TPSA) is 124 Å². The fourth-order valence-corrected chi connectivity index (χ4v) is 5.70. The number of hydrogen-bond donors (Lipinski definition) is 3. The van der Waals surface area contributed by atoms with Crippen molar-refractivity contribution in [2.45, 2.75) is 71.0 Å². The second-order valence-corrected chi connectivity index (χ2v) is 10.7. The van der Waals surface area contributed by atoms with Crippen molar-refractivity contribution in [1.82, 2.24) is 15.0 Å². The van der Waals surface area contributed by atoms with E-state index in [-0.39, 0.29) is 30.8 Å². The summed E-state index contributed by atoms with van der Waals surface area (Å²) in [6.45, 7) is 9.11. The summed E-state index contributed by atoms with van der Waals surface area (Å²) in [6, 6.07) is 3.96. The predicted molar refractivity (Wildman–Crippen MR) is 143 cm³/mol. The van der Waals surface area contributed by atoms with E-state index in [4.69, 9.17) is 28.6 Å². The van der Waals surface area contributed by atoms with Gasteiger partial charge in [0.25, 0.3) is 0 Å². The molecule has 1 saturated carbocycles. The van der Waals surface area contributed by atoms with Crippen LogP contribution in [0.5, 0.6) is 0 Å². The molecule has 5 heterocycles. The fraction of sp³-hybridized carbons (Fsp3) is 0.536. The Labute approximate surface area is 221 Å². The second-order valence-electron chi connectivity index (χ2n) is 10.7. The molecule has 10 heteroatoms. The third kappa shape index (κ3) is 4.72. The summed E-state index contributed by atoms with van der Waals surface area (Å²) in [5, 5.41) is 18.0. The Morgan fingerprint density at radius 1 is 1.16 bits per heavy atom. The molecular formula is C28H35N5O5. The number of aryl methyl sites for hydroxylation is 2. The van der Waals surface area contributed by atoms with Crippen molar-refractivity contribution < 1.29 is 23.7 Å². The Bertz CT molecular complexity index is 1370. The molecule has 3 aromatic rings. The van der Waals surface area contributed by atoms with E-state index in [1.807, 2.05) is 26.8 Å². The monoisotopic (exact) mass is 521 g/mol. The maximum atomic E-state index is 10.0. The molecule has 0 radical (unpaired) electrons. The van der Waals surface area contributed by atoms with Gasteiger partial charge in [0.2, 0.25) is 5.95 Å². The number of pyridine rings is 1. The van der Waals surface area contributed by atoms with Gasteiger partial charge in [-0.05, 0) is 51.8 Å². The van der Waals surface area contributed by atoms with Gasteiger partial charge in [0.1, 0.15) is 23.4 Å². The molecule has 10 nitrogen and oxygen atoms in total. The standard InChI is InChI=1S/C28H35N5O5/c1-5-18-9-16-11-21(36-22(16)13-29-18)23-15(2)31-27(30-12-19-7-6-8-35-19)33-26(23)32-20-10-17(14-34)24-25(20)38-28(3,4)37-24/h7,9,11,13,17,20,24-25,34H,5-6,8,10,12,14H2,1-4H3,(H2,30,31,32,33)/t17-,20?,24-,25+/m1/s1. The number of ether oxygens (including phenoxy) is 3. The maximum Gasteiger partial charge on any atom is 0.225 e. The molecule has 1 saturated heterocycles. The van der Waals surface area contributed by atoms with Crippen LogP contribution in [-0.4, -0.2) is 63.9 Å². The minimum absolute atomic E-state index is 0.0283. The van der Waals surface area contributed by atoms with E-state index < -0.39 is 5.79 Å². The molecule has 0 spiro atoms. The first-order valence-electron chi connectivity index (χ1n) is 13.4. The molecular weight excluding hydrogens is 486 g/mol. The van der Waals surface area contributed by atoms with Gasteiger partial charge in [0.15, 0.2) is 11.4 Å². The van der Waals surface area contributed by atoms with Crippen LogP contribution in [0, 0.1) is 12.8 Å². The second kappa shape index (κ2) is 9.83. The summed E-state index contributed by atoms with van der Waals surface area (Å²) in [5.41, 5.74) is 3.27. The third-order valence-corrected chi connectivity index (χ3v) is 7.50. The highest BCUT2D eigenvalue weighted by atomic mass is 16.8. The lowest BCUT2D eigenvalue weighted by Crippen LogP contribution is -2.35. The summed E-state index contributed by atoms with van der Waals surface area (Å²) in [5.74, 6) is 1.95.